The number of hydrogen-bond donors (Lipinski definition) is 0. The van der Waals surface area contributed by atoms with Gasteiger partial charge >= 0.3 is 0 Å². The Labute approximate surface area is 192 Å². The van der Waals surface area contributed by atoms with Crippen molar-refractivity contribution < 1.29 is 0 Å². The van der Waals surface area contributed by atoms with Gasteiger partial charge in [0.15, 0.2) is 0 Å². The van der Waals surface area contributed by atoms with Gasteiger partial charge in [0.1, 0.15) is 0 Å². The van der Waals surface area contributed by atoms with E-state index in [1.165, 1.54) is 44.5 Å². The van der Waals surface area contributed by atoms with Gasteiger partial charge in [-0.1, -0.05) is 125 Å². The van der Waals surface area contributed by atoms with Crippen LogP contribution in [-0.2, 0) is 10.8 Å². The van der Waals surface area contributed by atoms with Gasteiger partial charge in [-0.3, -0.25) is 0 Å². The van der Waals surface area contributed by atoms with Crippen LogP contribution in [0.5, 0.6) is 0 Å². The molecule has 2 aliphatic carbocycles. The maximum atomic E-state index is 2.38. The summed E-state index contributed by atoms with van der Waals surface area (Å²) >= 11 is 0. The summed E-state index contributed by atoms with van der Waals surface area (Å²) in [6, 6.07) is 36.6. The zero-order valence-corrected chi connectivity index (χ0v) is 19.4. The van der Waals surface area contributed by atoms with Crippen molar-refractivity contribution in [1.29, 1.82) is 0 Å². The Morgan fingerprint density at radius 2 is 0.594 bits per heavy atom. The molecule has 0 saturated carbocycles. The molecule has 4 aromatic rings. The lowest BCUT2D eigenvalue weighted by molar-refractivity contribution is 0.524. The molecule has 0 radical (unpaired) electrons. The van der Waals surface area contributed by atoms with E-state index in [0.29, 0.717) is 11.8 Å². The quantitative estimate of drug-likeness (QED) is 0.297. The molecule has 32 heavy (non-hydrogen) atoms. The highest BCUT2D eigenvalue weighted by Gasteiger charge is 2.45. The second-order valence-corrected chi connectivity index (χ2v) is 10.6. The zero-order valence-electron chi connectivity index (χ0n) is 19.4. The molecule has 0 nitrogen and oxygen atoms in total. The van der Waals surface area contributed by atoms with E-state index in [4.69, 9.17) is 0 Å². The summed E-state index contributed by atoms with van der Waals surface area (Å²) in [4.78, 5) is 0. The first-order chi connectivity index (χ1) is 15.4. The van der Waals surface area contributed by atoms with E-state index in [1.54, 1.807) is 0 Å². The SMILES string of the molecule is CC1(C)c2ccccc2C(C2c3ccccc3C(C)(C)c3ccccc32)c2ccccc21. The highest BCUT2D eigenvalue weighted by molar-refractivity contribution is 5.63. The van der Waals surface area contributed by atoms with Crippen molar-refractivity contribution in [2.45, 2.75) is 50.4 Å². The molecule has 4 aromatic carbocycles. The molecule has 0 heteroatoms. The van der Waals surface area contributed by atoms with Gasteiger partial charge in [-0.15, -0.1) is 0 Å². The second kappa shape index (κ2) is 6.69. The molecule has 0 fully saturated rings. The van der Waals surface area contributed by atoms with Crippen molar-refractivity contribution in [2.24, 2.45) is 0 Å². The van der Waals surface area contributed by atoms with Gasteiger partial charge in [-0.2, -0.15) is 0 Å². The molecule has 0 bridgehead atoms. The van der Waals surface area contributed by atoms with Gasteiger partial charge in [-0.25, -0.2) is 0 Å². The molecule has 0 atom stereocenters. The molecule has 0 aromatic heterocycles. The molecular weight excluding hydrogens is 384 g/mol. The summed E-state index contributed by atoms with van der Waals surface area (Å²) in [7, 11) is 0. The highest BCUT2D eigenvalue weighted by atomic mass is 14.5. The van der Waals surface area contributed by atoms with Crippen LogP contribution in [0.15, 0.2) is 97.1 Å². The van der Waals surface area contributed by atoms with Crippen molar-refractivity contribution >= 4 is 0 Å². The van der Waals surface area contributed by atoms with E-state index in [-0.39, 0.29) is 10.8 Å². The van der Waals surface area contributed by atoms with Crippen LogP contribution < -0.4 is 0 Å². The minimum atomic E-state index is -0.00331. The molecule has 0 spiro atoms. The van der Waals surface area contributed by atoms with Gasteiger partial charge in [0.2, 0.25) is 0 Å². The van der Waals surface area contributed by atoms with Crippen molar-refractivity contribution in [3.8, 4) is 0 Å². The summed E-state index contributed by atoms with van der Waals surface area (Å²) in [5, 5.41) is 0. The van der Waals surface area contributed by atoms with E-state index in [2.05, 4.69) is 125 Å². The fraction of sp³-hybridized carbons (Fsp3) is 0.250. The summed E-state index contributed by atoms with van der Waals surface area (Å²) in [5.41, 5.74) is 11.7. The molecule has 0 unspecified atom stereocenters. The minimum Gasteiger partial charge on any atom is -0.0620 e. The van der Waals surface area contributed by atoms with E-state index in [1.807, 2.05) is 0 Å². The van der Waals surface area contributed by atoms with Crippen LogP contribution in [0.4, 0.5) is 0 Å². The van der Waals surface area contributed by atoms with Gasteiger partial charge in [0, 0.05) is 22.7 Å². The van der Waals surface area contributed by atoms with Crippen LogP contribution in [0.25, 0.3) is 0 Å². The van der Waals surface area contributed by atoms with Crippen molar-refractivity contribution in [3.63, 3.8) is 0 Å². The van der Waals surface area contributed by atoms with Crippen molar-refractivity contribution in [3.05, 3.63) is 142 Å². The molecule has 0 saturated heterocycles. The number of hydrogen-bond acceptors (Lipinski definition) is 0. The largest absolute Gasteiger partial charge is 0.0620 e. The Morgan fingerprint density at radius 3 is 0.844 bits per heavy atom. The normalized spacial score (nSPS) is 18.2. The topological polar surface area (TPSA) is 0 Å². The maximum absolute atomic E-state index is 2.38. The Bertz CT molecular complexity index is 1130. The smallest absolute Gasteiger partial charge is 0.0205 e. The average Bonchev–Trinajstić information content (AvgIpc) is 2.81. The first kappa shape index (κ1) is 19.6. The van der Waals surface area contributed by atoms with Gasteiger partial charge < -0.3 is 0 Å². The molecule has 0 aliphatic heterocycles. The van der Waals surface area contributed by atoms with Crippen LogP contribution in [0.2, 0.25) is 0 Å². The van der Waals surface area contributed by atoms with Crippen molar-refractivity contribution in [2.75, 3.05) is 0 Å². The van der Waals surface area contributed by atoms with E-state index < -0.39 is 0 Å². The lowest BCUT2D eigenvalue weighted by Crippen LogP contribution is -2.36. The fourth-order valence-electron chi connectivity index (χ4n) is 6.69. The second-order valence-electron chi connectivity index (χ2n) is 10.6. The first-order valence-electron chi connectivity index (χ1n) is 11.8. The van der Waals surface area contributed by atoms with E-state index >= 15 is 0 Å². The van der Waals surface area contributed by atoms with E-state index in [9.17, 15) is 0 Å². The summed E-state index contributed by atoms with van der Waals surface area (Å²) < 4.78 is 0. The third-order valence-electron chi connectivity index (χ3n) is 8.21. The van der Waals surface area contributed by atoms with Crippen LogP contribution in [0, 0.1) is 0 Å². The third-order valence-corrected chi connectivity index (χ3v) is 8.21. The lowest BCUT2D eigenvalue weighted by atomic mass is 9.56. The fourth-order valence-corrected chi connectivity index (χ4v) is 6.69. The monoisotopic (exact) mass is 414 g/mol. The third kappa shape index (κ3) is 2.50. The predicted octanol–water partition coefficient (Wildman–Crippen LogP) is 7.93. The molecule has 0 amide bonds. The first-order valence-corrected chi connectivity index (χ1v) is 11.8. The van der Waals surface area contributed by atoms with Gasteiger partial charge in [0.25, 0.3) is 0 Å². The van der Waals surface area contributed by atoms with Crippen LogP contribution in [-0.4, -0.2) is 0 Å². The Kier molecular flexibility index (Phi) is 4.09. The van der Waals surface area contributed by atoms with Crippen molar-refractivity contribution in [1.82, 2.24) is 0 Å². The molecule has 2 aliphatic rings. The highest BCUT2D eigenvalue weighted by Crippen LogP contribution is 2.57. The minimum absolute atomic E-state index is 0.00331. The molecular formula is C32H30. The summed E-state index contributed by atoms with van der Waals surface area (Å²) in [6.45, 7) is 9.53. The number of fused-ring (bicyclic) bond motifs is 4. The number of benzene rings is 4. The Hall–Kier alpha value is -3.12. The molecule has 0 N–H and O–H groups in total. The predicted molar refractivity (Wildman–Crippen MR) is 134 cm³/mol. The Balaban J connectivity index is 1.71. The van der Waals surface area contributed by atoms with Gasteiger partial charge in [-0.05, 0) is 44.5 Å². The molecule has 158 valence electrons. The molecule has 6 rings (SSSR count). The standard InChI is InChI=1S/C32H30/c1-31(2)25-17-9-5-13-21(25)29(22-14-6-10-18-26(22)31)30-23-15-7-11-19-27(23)32(3,4)28-20-12-8-16-24(28)30/h5-20,29-30H,1-4H3. The summed E-state index contributed by atoms with van der Waals surface area (Å²) in [6.07, 6.45) is 0. The van der Waals surface area contributed by atoms with Crippen LogP contribution in [0.3, 0.4) is 0 Å². The lowest BCUT2D eigenvalue weighted by Gasteiger charge is -2.46. The van der Waals surface area contributed by atoms with Crippen LogP contribution >= 0.6 is 0 Å². The maximum Gasteiger partial charge on any atom is 0.0205 e. The summed E-state index contributed by atoms with van der Waals surface area (Å²) in [5.74, 6) is 0.600. The average molecular weight is 415 g/mol. The molecule has 0 heterocycles. The Morgan fingerprint density at radius 1 is 0.375 bits per heavy atom. The van der Waals surface area contributed by atoms with Gasteiger partial charge in [0.05, 0.1) is 0 Å². The zero-order chi connectivity index (χ0) is 22.1. The van der Waals surface area contributed by atoms with E-state index in [0.717, 1.165) is 0 Å². The number of rotatable bonds is 1. The van der Waals surface area contributed by atoms with Crippen LogP contribution in [0.1, 0.15) is 84.0 Å².